The first-order valence-corrected chi connectivity index (χ1v) is 8.20. The Labute approximate surface area is 145 Å². The highest BCUT2D eigenvalue weighted by Crippen LogP contribution is 2.31. The third-order valence-electron chi connectivity index (χ3n) is 4.21. The average Bonchev–Trinajstić information content (AvgIpc) is 3.04. The van der Waals surface area contributed by atoms with Gasteiger partial charge in [0, 0.05) is 18.4 Å². The Bertz CT molecular complexity index is 877. The first kappa shape index (κ1) is 15.3. The lowest BCUT2D eigenvalue weighted by atomic mass is 9.99. The summed E-state index contributed by atoms with van der Waals surface area (Å²) in [7, 11) is 0. The molecule has 2 N–H and O–H groups in total. The molecule has 0 fully saturated rings. The van der Waals surface area contributed by atoms with Crippen LogP contribution in [0.5, 0.6) is 0 Å². The second kappa shape index (κ2) is 6.35. The van der Waals surface area contributed by atoms with Crippen LogP contribution in [0, 0.1) is 0 Å². The molecule has 7 nitrogen and oxygen atoms in total. The van der Waals surface area contributed by atoms with Crippen LogP contribution >= 0.6 is 0 Å². The SMILES string of the molecule is C[C@@H]1C[C@H](c2ccccc2)n2nc(NC(=O)c3cccnc3)nc2N1. The minimum atomic E-state index is -0.277. The minimum absolute atomic E-state index is 0.0870. The highest BCUT2D eigenvalue weighted by atomic mass is 16.1. The van der Waals surface area contributed by atoms with Crippen molar-refractivity contribution in [2.75, 3.05) is 10.6 Å². The number of pyridine rings is 1. The van der Waals surface area contributed by atoms with Crippen molar-refractivity contribution in [1.29, 1.82) is 0 Å². The van der Waals surface area contributed by atoms with Crippen molar-refractivity contribution in [2.45, 2.75) is 25.4 Å². The molecule has 0 bridgehead atoms. The maximum absolute atomic E-state index is 12.3. The predicted molar refractivity (Wildman–Crippen MR) is 94.5 cm³/mol. The van der Waals surface area contributed by atoms with E-state index in [0.717, 1.165) is 6.42 Å². The molecule has 7 heteroatoms. The molecule has 2 atom stereocenters. The van der Waals surface area contributed by atoms with Crippen molar-refractivity contribution in [3.05, 3.63) is 66.0 Å². The van der Waals surface area contributed by atoms with Crippen LogP contribution < -0.4 is 10.6 Å². The lowest BCUT2D eigenvalue weighted by Crippen LogP contribution is -2.31. The minimum Gasteiger partial charge on any atom is -0.352 e. The molecule has 25 heavy (non-hydrogen) atoms. The van der Waals surface area contributed by atoms with Crippen molar-refractivity contribution < 1.29 is 4.79 Å². The van der Waals surface area contributed by atoms with Gasteiger partial charge in [-0.05, 0) is 31.0 Å². The summed E-state index contributed by atoms with van der Waals surface area (Å²) in [5.41, 5.74) is 1.64. The van der Waals surface area contributed by atoms with Gasteiger partial charge in [0.15, 0.2) is 0 Å². The van der Waals surface area contributed by atoms with Gasteiger partial charge in [0.2, 0.25) is 5.95 Å². The molecule has 0 spiro atoms. The topological polar surface area (TPSA) is 84.7 Å². The zero-order valence-electron chi connectivity index (χ0n) is 13.8. The Kier molecular flexibility index (Phi) is 3.89. The Morgan fingerprint density at radius 1 is 1.24 bits per heavy atom. The number of fused-ring (bicyclic) bond motifs is 1. The van der Waals surface area contributed by atoms with Gasteiger partial charge in [0.25, 0.3) is 11.9 Å². The van der Waals surface area contributed by atoms with E-state index < -0.39 is 0 Å². The van der Waals surface area contributed by atoms with Gasteiger partial charge in [-0.25, -0.2) is 4.68 Å². The summed E-state index contributed by atoms with van der Waals surface area (Å²) in [5.74, 6) is 0.667. The lowest BCUT2D eigenvalue weighted by molar-refractivity contribution is 0.102. The molecule has 0 unspecified atom stereocenters. The standard InChI is InChI=1S/C18H18N6O/c1-12-10-15(13-6-3-2-4-7-13)24-18(20-12)22-17(23-24)21-16(25)14-8-5-9-19-11-14/h2-9,11-12,15H,10H2,1H3,(H2,20,21,22,23,25)/t12-,15-/m1/s1. The molecular formula is C18H18N6O. The lowest BCUT2D eigenvalue weighted by Gasteiger charge is -2.29. The Hall–Kier alpha value is -3.22. The average molecular weight is 334 g/mol. The van der Waals surface area contributed by atoms with Crippen LogP contribution in [0.2, 0.25) is 0 Å². The van der Waals surface area contributed by atoms with Gasteiger partial charge < -0.3 is 5.32 Å². The van der Waals surface area contributed by atoms with E-state index in [4.69, 9.17) is 0 Å². The molecule has 0 saturated carbocycles. The van der Waals surface area contributed by atoms with Crippen molar-refractivity contribution in [3.63, 3.8) is 0 Å². The van der Waals surface area contributed by atoms with Crippen LogP contribution in [0.15, 0.2) is 54.9 Å². The molecule has 1 aromatic carbocycles. The maximum atomic E-state index is 12.3. The number of nitrogens with zero attached hydrogens (tertiary/aromatic N) is 4. The first-order chi connectivity index (χ1) is 12.2. The normalized spacial score (nSPS) is 18.9. The van der Waals surface area contributed by atoms with Crippen molar-refractivity contribution in [2.24, 2.45) is 0 Å². The van der Waals surface area contributed by atoms with Crippen molar-refractivity contribution in [3.8, 4) is 0 Å². The molecule has 1 aliphatic rings. The second-order valence-electron chi connectivity index (χ2n) is 6.11. The van der Waals surface area contributed by atoms with E-state index in [9.17, 15) is 4.79 Å². The molecule has 1 amide bonds. The molecular weight excluding hydrogens is 316 g/mol. The van der Waals surface area contributed by atoms with Crippen LogP contribution in [-0.4, -0.2) is 31.7 Å². The van der Waals surface area contributed by atoms with E-state index >= 15 is 0 Å². The van der Waals surface area contributed by atoms with Gasteiger partial charge >= 0.3 is 0 Å². The molecule has 3 heterocycles. The van der Waals surface area contributed by atoms with Crippen molar-refractivity contribution in [1.82, 2.24) is 19.7 Å². The zero-order chi connectivity index (χ0) is 17.2. The third kappa shape index (κ3) is 3.08. The summed E-state index contributed by atoms with van der Waals surface area (Å²) in [6.07, 6.45) is 4.04. The molecule has 1 aliphatic heterocycles. The number of carbonyl (C=O) groups excluding carboxylic acids is 1. The number of aromatic nitrogens is 4. The van der Waals surface area contributed by atoms with E-state index in [1.54, 1.807) is 18.3 Å². The molecule has 0 aliphatic carbocycles. The number of rotatable bonds is 3. The van der Waals surface area contributed by atoms with E-state index in [1.807, 2.05) is 22.9 Å². The number of benzene rings is 1. The van der Waals surface area contributed by atoms with Crippen LogP contribution in [0.4, 0.5) is 11.9 Å². The fourth-order valence-electron chi connectivity index (χ4n) is 3.03. The number of amides is 1. The van der Waals surface area contributed by atoms with Gasteiger partial charge in [-0.1, -0.05) is 30.3 Å². The largest absolute Gasteiger partial charge is 0.352 e. The highest BCUT2D eigenvalue weighted by molar-refractivity contribution is 6.03. The van der Waals surface area contributed by atoms with Gasteiger partial charge in [-0.15, -0.1) is 5.10 Å². The monoisotopic (exact) mass is 334 g/mol. The van der Waals surface area contributed by atoms with Gasteiger partial charge in [-0.3, -0.25) is 15.1 Å². The second-order valence-corrected chi connectivity index (χ2v) is 6.11. The molecule has 0 saturated heterocycles. The van der Waals surface area contributed by atoms with Gasteiger partial charge in [-0.2, -0.15) is 4.98 Å². The summed E-state index contributed by atoms with van der Waals surface area (Å²) < 4.78 is 1.84. The molecule has 3 aromatic rings. The Morgan fingerprint density at radius 3 is 2.84 bits per heavy atom. The predicted octanol–water partition coefficient (Wildman–Crippen LogP) is 2.72. The third-order valence-corrected chi connectivity index (χ3v) is 4.21. The Morgan fingerprint density at radius 2 is 2.08 bits per heavy atom. The summed E-state index contributed by atoms with van der Waals surface area (Å²) in [6, 6.07) is 14.0. The number of nitrogens with one attached hydrogen (secondary N) is 2. The maximum Gasteiger partial charge on any atom is 0.259 e. The summed E-state index contributed by atoms with van der Waals surface area (Å²) >= 11 is 0. The molecule has 126 valence electrons. The highest BCUT2D eigenvalue weighted by Gasteiger charge is 2.28. The zero-order valence-corrected chi connectivity index (χ0v) is 13.8. The van der Waals surface area contributed by atoms with E-state index in [2.05, 4.69) is 44.8 Å². The van der Waals surface area contributed by atoms with Crippen molar-refractivity contribution >= 4 is 17.8 Å². The summed E-state index contributed by atoms with van der Waals surface area (Å²) in [5, 5.41) is 10.6. The van der Waals surface area contributed by atoms with E-state index in [1.165, 1.54) is 11.8 Å². The quantitative estimate of drug-likeness (QED) is 0.769. The van der Waals surface area contributed by atoms with Crippen LogP contribution in [0.1, 0.15) is 35.3 Å². The van der Waals surface area contributed by atoms with Crippen LogP contribution in [0.3, 0.4) is 0 Å². The number of anilines is 2. The van der Waals surface area contributed by atoms with Gasteiger partial charge in [0.1, 0.15) is 0 Å². The Balaban J connectivity index is 1.62. The number of carbonyl (C=O) groups is 1. The first-order valence-electron chi connectivity index (χ1n) is 8.20. The molecule has 4 rings (SSSR count). The molecule has 2 aromatic heterocycles. The summed E-state index contributed by atoms with van der Waals surface area (Å²) in [4.78, 5) is 20.7. The molecule has 0 radical (unpaired) electrons. The fourth-order valence-corrected chi connectivity index (χ4v) is 3.03. The fraction of sp³-hybridized carbons (Fsp3) is 0.222. The number of hydrogen-bond acceptors (Lipinski definition) is 5. The smallest absolute Gasteiger partial charge is 0.259 e. The van der Waals surface area contributed by atoms with E-state index in [0.29, 0.717) is 11.5 Å². The summed E-state index contributed by atoms with van der Waals surface area (Å²) in [6.45, 7) is 2.11. The van der Waals surface area contributed by atoms with Crippen LogP contribution in [-0.2, 0) is 0 Å². The van der Waals surface area contributed by atoms with E-state index in [-0.39, 0.29) is 23.9 Å². The van der Waals surface area contributed by atoms with Crippen LogP contribution in [0.25, 0.3) is 0 Å². The van der Waals surface area contributed by atoms with Gasteiger partial charge in [0.05, 0.1) is 11.6 Å². The number of hydrogen-bond donors (Lipinski definition) is 2.